The number of carbonyl (C=O) groups is 1. The fourth-order valence-electron chi connectivity index (χ4n) is 1.88. The molecule has 0 spiro atoms. The Bertz CT molecular complexity index is 184. The van der Waals surface area contributed by atoms with Crippen LogP contribution in [0.5, 0.6) is 0 Å². The van der Waals surface area contributed by atoms with E-state index in [1.165, 1.54) is 0 Å². The topological polar surface area (TPSA) is 40.5 Å². The summed E-state index contributed by atoms with van der Waals surface area (Å²) in [5.41, 5.74) is 0. The van der Waals surface area contributed by atoms with Crippen molar-refractivity contribution in [3.8, 4) is 0 Å². The minimum atomic E-state index is 0.195. The monoisotopic (exact) mass is 199 g/mol. The number of unbranched alkanes of at least 4 members (excludes halogenated alkanes) is 1. The molecule has 3 heteroatoms. The van der Waals surface area contributed by atoms with E-state index in [4.69, 9.17) is 5.11 Å². The molecule has 14 heavy (non-hydrogen) atoms. The molecule has 1 aliphatic heterocycles. The first-order valence-corrected chi connectivity index (χ1v) is 5.53. The van der Waals surface area contributed by atoms with Gasteiger partial charge in [0.25, 0.3) is 0 Å². The van der Waals surface area contributed by atoms with Crippen LogP contribution in [0.2, 0.25) is 0 Å². The maximum Gasteiger partial charge on any atom is 0.222 e. The first-order chi connectivity index (χ1) is 6.65. The Balaban J connectivity index is 2.25. The molecule has 1 rings (SSSR count). The summed E-state index contributed by atoms with van der Waals surface area (Å²) >= 11 is 0. The second-order valence-corrected chi connectivity index (χ2v) is 4.43. The minimum Gasteiger partial charge on any atom is -0.396 e. The summed E-state index contributed by atoms with van der Waals surface area (Å²) < 4.78 is 0. The molecule has 82 valence electrons. The Hall–Kier alpha value is -0.570. The van der Waals surface area contributed by atoms with E-state index >= 15 is 0 Å². The van der Waals surface area contributed by atoms with Gasteiger partial charge in [0, 0.05) is 26.1 Å². The Morgan fingerprint density at radius 2 is 1.86 bits per heavy atom. The molecule has 1 amide bonds. The summed E-state index contributed by atoms with van der Waals surface area (Å²) in [5, 5.41) is 8.60. The predicted octanol–water partition coefficient (Wildman–Crippen LogP) is 1.26. The Labute approximate surface area is 86.1 Å². The van der Waals surface area contributed by atoms with Gasteiger partial charge in [-0.2, -0.15) is 0 Å². The molecular weight excluding hydrogens is 178 g/mol. The SMILES string of the molecule is CC1CN(C(=O)CCCCO)CC1C. The van der Waals surface area contributed by atoms with Gasteiger partial charge in [-0.15, -0.1) is 0 Å². The summed E-state index contributed by atoms with van der Waals surface area (Å²) in [5.74, 6) is 1.53. The second kappa shape index (κ2) is 5.35. The number of amides is 1. The second-order valence-electron chi connectivity index (χ2n) is 4.43. The van der Waals surface area contributed by atoms with Gasteiger partial charge in [-0.1, -0.05) is 13.8 Å². The summed E-state index contributed by atoms with van der Waals surface area (Å²) in [6, 6.07) is 0. The quantitative estimate of drug-likeness (QED) is 0.692. The van der Waals surface area contributed by atoms with Crippen molar-refractivity contribution < 1.29 is 9.90 Å². The van der Waals surface area contributed by atoms with Gasteiger partial charge in [0.1, 0.15) is 0 Å². The maximum atomic E-state index is 11.7. The molecule has 2 unspecified atom stereocenters. The third kappa shape index (κ3) is 2.98. The standard InChI is InChI=1S/C11H21NO2/c1-9-7-12(8-10(9)2)11(14)5-3-4-6-13/h9-10,13H,3-8H2,1-2H3. The molecule has 1 heterocycles. The molecule has 0 aromatic carbocycles. The lowest BCUT2D eigenvalue weighted by molar-refractivity contribution is -0.130. The van der Waals surface area contributed by atoms with E-state index < -0.39 is 0 Å². The molecule has 0 aromatic heterocycles. The van der Waals surface area contributed by atoms with Crippen molar-refractivity contribution in [1.82, 2.24) is 4.90 Å². The van der Waals surface area contributed by atoms with Gasteiger partial charge in [0.05, 0.1) is 0 Å². The van der Waals surface area contributed by atoms with Gasteiger partial charge < -0.3 is 10.0 Å². The van der Waals surface area contributed by atoms with Gasteiger partial charge in [-0.05, 0) is 24.7 Å². The van der Waals surface area contributed by atoms with Crippen molar-refractivity contribution in [2.75, 3.05) is 19.7 Å². The summed E-state index contributed by atoms with van der Waals surface area (Å²) in [4.78, 5) is 13.6. The molecular formula is C11H21NO2. The van der Waals surface area contributed by atoms with E-state index in [0.717, 1.165) is 25.9 Å². The van der Waals surface area contributed by atoms with Crippen molar-refractivity contribution in [2.45, 2.75) is 33.1 Å². The van der Waals surface area contributed by atoms with Crippen molar-refractivity contribution in [1.29, 1.82) is 0 Å². The highest BCUT2D eigenvalue weighted by Crippen LogP contribution is 2.22. The number of aliphatic hydroxyl groups excluding tert-OH is 1. The number of rotatable bonds is 4. The third-order valence-corrected chi connectivity index (χ3v) is 3.14. The summed E-state index contributed by atoms with van der Waals surface area (Å²) in [7, 11) is 0. The van der Waals surface area contributed by atoms with E-state index in [9.17, 15) is 4.79 Å². The normalized spacial score (nSPS) is 26.9. The molecule has 1 fully saturated rings. The van der Waals surface area contributed by atoms with Crippen LogP contribution in [0.4, 0.5) is 0 Å². The molecule has 3 nitrogen and oxygen atoms in total. The zero-order chi connectivity index (χ0) is 10.6. The van der Waals surface area contributed by atoms with E-state index in [1.54, 1.807) is 0 Å². The van der Waals surface area contributed by atoms with Crippen LogP contribution in [-0.2, 0) is 4.79 Å². The van der Waals surface area contributed by atoms with Crippen molar-refractivity contribution >= 4 is 5.91 Å². The van der Waals surface area contributed by atoms with Gasteiger partial charge in [-0.25, -0.2) is 0 Å². The number of aliphatic hydroxyl groups is 1. The van der Waals surface area contributed by atoms with Gasteiger partial charge >= 0.3 is 0 Å². The van der Waals surface area contributed by atoms with Crippen molar-refractivity contribution in [3.63, 3.8) is 0 Å². The minimum absolute atomic E-state index is 0.195. The Kier molecular flexibility index (Phi) is 4.39. The van der Waals surface area contributed by atoms with Gasteiger partial charge in [-0.3, -0.25) is 4.79 Å². The number of hydrogen-bond donors (Lipinski definition) is 1. The Morgan fingerprint density at radius 3 is 2.36 bits per heavy atom. The van der Waals surface area contributed by atoms with Gasteiger partial charge in [0.2, 0.25) is 5.91 Å². The molecule has 0 saturated carbocycles. The van der Waals surface area contributed by atoms with E-state index in [0.29, 0.717) is 18.3 Å². The average molecular weight is 199 g/mol. The van der Waals surface area contributed by atoms with Crippen LogP contribution >= 0.6 is 0 Å². The predicted molar refractivity (Wildman–Crippen MR) is 55.8 cm³/mol. The van der Waals surface area contributed by atoms with Crippen LogP contribution in [-0.4, -0.2) is 35.6 Å². The summed E-state index contributed by atoms with van der Waals surface area (Å²) in [6.07, 6.45) is 2.15. The molecule has 1 saturated heterocycles. The third-order valence-electron chi connectivity index (χ3n) is 3.14. The largest absolute Gasteiger partial charge is 0.396 e. The van der Waals surface area contributed by atoms with Gasteiger partial charge in [0.15, 0.2) is 0 Å². The molecule has 0 bridgehead atoms. The van der Waals surface area contributed by atoms with Crippen LogP contribution in [0.25, 0.3) is 0 Å². The zero-order valence-corrected chi connectivity index (χ0v) is 9.20. The highest BCUT2D eigenvalue weighted by molar-refractivity contribution is 5.76. The lowest BCUT2D eigenvalue weighted by Gasteiger charge is -2.15. The van der Waals surface area contributed by atoms with E-state index in [-0.39, 0.29) is 12.5 Å². The molecule has 0 radical (unpaired) electrons. The summed E-state index contributed by atoms with van der Waals surface area (Å²) in [6.45, 7) is 6.43. The highest BCUT2D eigenvalue weighted by atomic mass is 16.3. The highest BCUT2D eigenvalue weighted by Gasteiger charge is 2.28. The lowest BCUT2D eigenvalue weighted by atomic mass is 10.0. The maximum absolute atomic E-state index is 11.7. The number of carbonyl (C=O) groups excluding carboxylic acids is 1. The molecule has 0 aliphatic carbocycles. The van der Waals surface area contributed by atoms with Crippen LogP contribution < -0.4 is 0 Å². The molecule has 1 aliphatic rings. The van der Waals surface area contributed by atoms with Crippen LogP contribution in [0.3, 0.4) is 0 Å². The van der Waals surface area contributed by atoms with Crippen LogP contribution in [0.15, 0.2) is 0 Å². The van der Waals surface area contributed by atoms with E-state index in [2.05, 4.69) is 13.8 Å². The van der Waals surface area contributed by atoms with Crippen molar-refractivity contribution in [2.24, 2.45) is 11.8 Å². The smallest absolute Gasteiger partial charge is 0.222 e. The average Bonchev–Trinajstić information content (AvgIpc) is 2.47. The van der Waals surface area contributed by atoms with Crippen LogP contribution in [0.1, 0.15) is 33.1 Å². The van der Waals surface area contributed by atoms with Crippen molar-refractivity contribution in [3.05, 3.63) is 0 Å². The zero-order valence-electron chi connectivity index (χ0n) is 9.20. The van der Waals surface area contributed by atoms with Crippen LogP contribution in [0, 0.1) is 11.8 Å². The lowest BCUT2D eigenvalue weighted by Crippen LogP contribution is -2.28. The molecule has 0 aromatic rings. The number of likely N-dealkylation sites (tertiary alicyclic amines) is 1. The molecule has 1 N–H and O–H groups in total. The Morgan fingerprint density at radius 1 is 1.29 bits per heavy atom. The van der Waals surface area contributed by atoms with E-state index in [1.807, 2.05) is 4.90 Å². The first kappa shape index (κ1) is 11.5. The number of nitrogens with zero attached hydrogens (tertiary/aromatic N) is 1. The fraction of sp³-hybridized carbons (Fsp3) is 0.909. The fourth-order valence-corrected chi connectivity index (χ4v) is 1.88. The first-order valence-electron chi connectivity index (χ1n) is 5.53. The number of hydrogen-bond acceptors (Lipinski definition) is 2. The molecule has 2 atom stereocenters.